The molecule has 30 heavy (non-hydrogen) atoms. The summed E-state index contributed by atoms with van der Waals surface area (Å²) in [5.74, 6) is -4.19. The summed E-state index contributed by atoms with van der Waals surface area (Å²) in [5, 5.41) is -0.0499. The van der Waals surface area contributed by atoms with Crippen molar-refractivity contribution in [1.29, 1.82) is 0 Å². The molecule has 2 amide bonds. The SMILES string of the molecule is O=C1CC(=O)N(c2cc(C(F)(F)F)cc(C(F)(F)F)c2)C(=O)c2cc(Cl)ccc2O1. The van der Waals surface area contributed by atoms with E-state index in [0.717, 1.165) is 12.1 Å². The van der Waals surface area contributed by atoms with Crippen molar-refractivity contribution in [3.05, 3.63) is 58.1 Å². The van der Waals surface area contributed by atoms with Crippen molar-refractivity contribution in [3.63, 3.8) is 0 Å². The standard InChI is InChI=1S/C18H8ClF6NO4/c19-10-1-2-13-12(6-10)16(29)26(14(27)7-15(28)30-13)11-4-8(17(20,21)22)3-9(5-11)18(23,24)25/h1-6H,7H2. The van der Waals surface area contributed by atoms with Gasteiger partial charge in [-0.2, -0.15) is 26.3 Å². The normalized spacial score (nSPS) is 15.4. The predicted molar refractivity (Wildman–Crippen MR) is 90.0 cm³/mol. The highest BCUT2D eigenvalue weighted by atomic mass is 35.5. The van der Waals surface area contributed by atoms with E-state index < -0.39 is 58.9 Å². The lowest BCUT2D eigenvalue weighted by atomic mass is 10.1. The largest absolute Gasteiger partial charge is 0.425 e. The summed E-state index contributed by atoms with van der Waals surface area (Å²) in [6.07, 6.45) is -11.5. The summed E-state index contributed by atoms with van der Waals surface area (Å²) in [6.45, 7) is 0. The Morgan fingerprint density at radius 2 is 1.43 bits per heavy atom. The molecule has 0 bridgehead atoms. The first-order valence-electron chi connectivity index (χ1n) is 7.94. The highest BCUT2D eigenvalue weighted by molar-refractivity contribution is 6.32. The number of imide groups is 1. The third-order valence-electron chi connectivity index (χ3n) is 3.97. The van der Waals surface area contributed by atoms with Crippen molar-refractivity contribution in [2.45, 2.75) is 18.8 Å². The van der Waals surface area contributed by atoms with Crippen LogP contribution in [0.5, 0.6) is 5.75 Å². The number of amides is 2. The van der Waals surface area contributed by atoms with Crippen LogP contribution in [0.4, 0.5) is 32.0 Å². The topological polar surface area (TPSA) is 63.7 Å². The molecule has 5 nitrogen and oxygen atoms in total. The van der Waals surface area contributed by atoms with Gasteiger partial charge >= 0.3 is 18.3 Å². The van der Waals surface area contributed by atoms with Crippen LogP contribution in [-0.4, -0.2) is 17.8 Å². The van der Waals surface area contributed by atoms with Crippen molar-refractivity contribution >= 4 is 35.1 Å². The van der Waals surface area contributed by atoms with E-state index in [-0.39, 0.29) is 33.9 Å². The molecule has 0 atom stereocenters. The number of ether oxygens (including phenoxy) is 1. The number of anilines is 1. The summed E-state index contributed by atoms with van der Waals surface area (Å²) in [5.41, 5.74) is -4.96. The van der Waals surface area contributed by atoms with E-state index in [4.69, 9.17) is 16.3 Å². The molecule has 0 unspecified atom stereocenters. The monoisotopic (exact) mass is 451 g/mol. The summed E-state index contributed by atoms with van der Waals surface area (Å²) in [7, 11) is 0. The predicted octanol–water partition coefficient (Wildman–Crippen LogP) is 4.86. The van der Waals surface area contributed by atoms with Gasteiger partial charge in [0, 0.05) is 5.02 Å². The molecule has 2 aromatic rings. The number of benzene rings is 2. The minimum Gasteiger partial charge on any atom is -0.425 e. The smallest absolute Gasteiger partial charge is 0.416 e. The molecule has 0 N–H and O–H groups in total. The molecule has 2 aromatic carbocycles. The Labute approximate surface area is 168 Å². The fourth-order valence-corrected chi connectivity index (χ4v) is 2.85. The summed E-state index contributed by atoms with van der Waals surface area (Å²) in [4.78, 5) is 37.2. The Hall–Kier alpha value is -3.08. The van der Waals surface area contributed by atoms with Crippen LogP contribution in [0.3, 0.4) is 0 Å². The fourth-order valence-electron chi connectivity index (χ4n) is 2.68. The first-order valence-corrected chi connectivity index (χ1v) is 8.32. The fraction of sp³-hybridized carbons (Fsp3) is 0.167. The van der Waals surface area contributed by atoms with E-state index in [9.17, 15) is 40.7 Å². The molecule has 0 fully saturated rings. The van der Waals surface area contributed by atoms with Crippen LogP contribution in [0, 0.1) is 0 Å². The maximum atomic E-state index is 13.1. The molecule has 1 heterocycles. The van der Waals surface area contributed by atoms with Crippen LogP contribution in [0.25, 0.3) is 0 Å². The summed E-state index contributed by atoms with van der Waals surface area (Å²) < 4.78 is 83.7. The zero-order valence-corrected chi connectivity index (χ0v) is 15.2. The van der Waals surface area contributed by atoms with Crippen LogP contribution in [-0.2, 0) is 21.9 Å². The number of hydrogen-bond acceptors (Lipinski definition) is 4. The van der Waals surface area contributed by atoms with Crippen molar-refractivity contribution in [1.82, 2.24) is 0 Å². The molecule has 0 radical (unpaired) electrons. The minimum absolute atomic E-state index is 0.0499. The second-order valence-electron chi connectivity index (χ2n) is 6.09. The molecule has 12 heteroatoms. The van der Waals surface area contributed by atoms with E-state index in [1.165, 1.54) is 6.07 Å². The van der Waals surface area contributed by atoms with Crippen LogP contribution in [0.1, 0.15) is 27.9 Å². The number of carbonyl (C=O) groups is 3. The van der Waals surface area contributed by atoms with Gasteiger partial charge in [0.2, 0.25) is 5.91 Å². The van der Waals surface area contributed by atoms with Crippen LogP contribution < -0.4 is 9.64 Å². The Bertz CT molecular complexity index is 1030. The molecule has 0 saturated carbocycles. The van der Waals surface area contributed by atoms with Gasteiger partial charge in [-0.25, -0.2) is 4.90 Å². The maximum Gasteiger partial charge on any atom is 0.416 e. The van der Waals surface area contributed by atoms with E-state index >= 15 is 0 Å². The van der Waals surface area contributed by atoms with Crippen molar-refractivity contribution in [3.8, 4) is 5.75 Å². The van der Waals surface area contributed by atoms with Crippen LogP contribution in [0.15, 0.2) is 36.4 Å². The van der Waals surface area contributed by atoms with E-state index in [2.05, 4.69) is 0 Å². The van der Waals surface area contributed by atoms with Gasteiger partial charge in [-0.15, -0.1) is 0 Å². The third kappa shape index (κ3) is 4.25. The van der Waals surface area contributed by atoms with Crippen LogP contribution >= 0.6 is 11.6 Å². The summed E-state index contributed by atoms with van der Waals surface area (Å²) >= 11 is 5.78. The molecular weight excluding hydrogens is 444 g/mol. The number of rotatable bonds is 1. The zero-order valence-electron chi connectivity index (χ0n) is 14.4. The molecule has 0 spiro atoms. The van der Waals surface area contributed by atoms with Crippen molar-refractivity contribution in [2.75, 3.05) is 4.90 Å². The van der Waals surface area contributed by atoms with Crippen molar-refractivity contribution < 1.29 is 45.5 Å². The van der Waals surface area contributed by atoms with Gasteiger partial charge in [0.25, 0.3) is 5.91 Å². The second kappa shape index (κ2) is 7.31. The molecule has 0 aromatic heterocycles. The van der Waals surface area contributed by atoms with Gasteiger partial charge in [-0.3, -0.25) is 14.4 Å². The molecule has 3 rings (SSSR count). The number of nitrogens with zero attached hydrogens (tertiary/aromatic N) is 1. The zero-order chi connectivity index (χ0) is 22.4. The van der Waals surface area contributed by atoms with Gasteiger partial charge in [0.05, 0.1) is 22.4 Å². The molecule has 1 aliphatic heterocycles. The van der Waals surface area contributed by atoms with E-state index in [1.807, 2.05) is 0 Å². The van der Waals surface area contributed by atoms with Gasteiger partial charge in [0.15, 0.2) is 0 Å². The Morgan fingerprint density at radius 1 is 0.867 bits per heavy atom. The Kier molecular flexibility index (Phi) is 5.27. The molecular formula is C18H8ClF6NO4. The van der Waals surface area contributed by atoms with Gasteiger partial charge in [-0.1, -0.05) is 11.6 Å². The summed E-state index contributed by atoms with van der Waals surface area (Å²) in [6, 6.07) is 3.58. The Morgan fingerprint density at radius 3 is 1.97 bits per heavy atom. The molecule has 1 aliphatic rings. The van der Waals surface area contributed by atoms with E-state index in [0.29, 0.717) is 0 Å². The van der Waals surface area contributed by atoms with E-state index in [1.54, 1.807) is 0 Å². The lowest BCUT2D eigenvalue weighted by Gasteiger charge is -2.25. The number of halogens is 7. The molecule has 158 valence electrons. The lowest BCUT2D eigenvalue weighted by Crippen LogP contribution is -2.41. The number of esters is 1. The second-order valence-corrected chi connectivity index (χ2v) is 6.53. The maximum absolute atomic E-state index is 13.1. The highest BCUT2D eigenvalue weighted by Crippen LogP contribution is 2.39. The van der Waals surface area contributed by atoms with Gasteiger partial charge in [0.1, 0.15) is 12.2 Å². The average molecular weight is 452 g/mol. The minimum atomic E-state index is -5.20. The average Bonchev–Trinajstić information content (AvgIpc) is 2.60. The first kappa shape index (κ1) is 21.6. The van der Waals surface area contributed by atoms with Crippen LogP contribution in [0.2, 0.25) is 5.02 Å². The highest BCUT2D eigenvalue weighted by Gasteiger charge is 2.40. The number of carbonyl (C=O) groups excluding carboxylic acids is 3. The Balaban J connectivity index is 2.25. The molecule has 0 aliphatic carbocycles. The third-order valence-corrected chi connectivity index (χ3v) is 4.21. The lowest BCUT2D eigenvalue weighted by molar-refractivity contribution is -0.143. The first-order chi connectivity index (χ1) is 13.8. The van der Waals surface area contributed by atoms with Crippen molar-refractivity contribution in [2.24, 2.45) is 0 Å². The number of alkyl halides is 6. The molecule has 0 saturated heterocycles. The van der Waals surface area contributed by atoms with Gasteiger partial charge in [-0.05, 0) is 36.4 Å². The number of fused-ring (bicyclic) bond motifs is 1. The quantitative estimate of drug-likeness (QED) is 0.204. The number of hydrogen-bond donors (Lipinski definition) is 0. The van der Waals surface area contributed by atoms with Gasteiger partial charge < -0.3 is 4.74 Å².